The first kappa shape index (κ1) is 19.5. The molecule has 2 rings (SSSR count). The van der Waals surface area contributed by atoms with Gasteiger partial charge in [-0.3, -0.25) is 9.69 Å². The van der Waals surface area contributed by atoms with Crippen molar-refractivity contribution < 1.29 is 18.0 Å². The molecule has 1 amide bonds. The van der Waals surface area contributed by atoms with Crippen molar-refractivity contribution in [3.8, 4) is 0 Å². The first-order valence-electron chi connectivity index (χ1n) is 7.75. The fourth-order valence-electron chi connectivity index (χ4n) is 2.86. The van der Waals surface area contributed by atoms with Gasteiger partial charge in [-0.15, -0.1) is 12.4 Å². The third kappa shape index (κ3) is 5.93. The summed E-state index contributed by atoms with van der Waals surface area (Å²) in [4.78, 5) is 13.1. The van der Waals surface area contributed by atoms with Gasteiger partial charge in [-0.2, -0.15) is 13.2 Å². The fraction of sp³-hybridized carbons (Fsp3) is 0.929. The van der Waals surface area contributed by atoms with E-state index in [0.29, 0.717) is 38.5 Å². The average Bonchev–Trinajstić information content (AvgIpc) is 2.37. The fourth-order valence-corrected chi connectivity index (χ4v) is 2.86. The van der Waals surface area contributed by atoms with Crippen LogP contribution in [0.1, 0.15) is 32.1 Å². The van der Waals surface area contributed by atoms with E-state index in [0.717, 1.165) is 19.3 Å². The van der Waals surface area contributed by atoms with E-state index in [1.54, 1.807) is 0 Å². The molecule has 2 fully saturated rings. The van der Waals surface area contributed by atoms with Crippen molar-refractivity contribution in [1.82, 2.24) is 15.5 Å². The molecular weight excluding hydrogens is 319 g/mol. The number of hydrogen-bond acceptors (Lipinski definition) is 3. The molecule has 2 N–H and O–H groups in total. The second-order valence-electron chi connectivity index (χ2n) is 5.98. The van der Waals surface area contributed by atoms with Gasteiger partial charge in [0.15, 0.2) is 0 Å². The molecule has 8 heteroatoms. The number of carbonyl (C=O) groups is 1. The van der Waals surface area contributed by atoms with E-state index in [4.69, 9.17) is 0 Å². The van der Waals surface area contributed by atoms with Crippen molar-refractivity contribution in [3.05, 3.63) is 0 Å². The molecular formula is C14H25ClF3N3O. The molecule has 0 aromatic rings. The highest BCUT2D eigenvalue weighted by molar-refractivity contribution is 5.85. The van der Waals surface area contributed by atoms with Crippen LogP contribution in [0.25, 0.3) is 0 Å². The monoisotopic (exact) mass is 343 g/mol. The molecule has 0 aromatic carbocycles. The van der Waals surface area contributed by atoms with Crippen LogP contribution in [0, 0.1) is 5.92 Å². The van der Waals surface area contributed by atoms with Crippen molar-refractivity contribution in [1.29, 1.82) is 0 Å². The number of hydrogen-bond donors (Lipinski definition) is 2. The summed E-state index contributed by atoms with van der Waals surface area (Å²) in [6.07, 6.45) is 0.357. The maximum Gasteiger partial charge on any atom is 0.405 e. The van der Waals surface area contributed by atoms with Crippen LogP contribution in [0.15, 0.2) is 0 Å². The Morgan fingerprint density at radius 3 is 2.41 bits per heavy atom. The van der Waals surface area contributed by atoms with E-state index in [1.165, 1.54) is 11.3 Å². The van der Waals surface area contributed by atoms with E-state index in [9.17, 15) is 18.0 Å². The van der Waals surface area contributed by atoms with Crippen molar-refractivity contribution in [3.63, 3.8) is 0 Å². The average molecular weight is 344 g/mol. The predicted molar refractivity (Wildman–Crippen MR) is 81.1 cm³/mol. The lowest BCUT2D eigenvalue weighted by Gasteiger charge is -2.36. The lowest BCUT2D eigenvalue weighted by Crippen LogP contribution is -2.57. The van der Waals surface area contributed by atoms with Crippen LogP contribution in [0.2, 0.25) is 0 Å². The lowest BCUT2D eigenvalue weighted by atomic mass is 9.82. The Labute approximate surface area is 135 Å². The van der Waals surface area contributed by atoms with Gasteiger partial charge in [0.25, 0.3) is 0 Å². The summed E-state index contributed by atoms with van der Waals surface area (Å²) in [7, 11) is 0. The summed E-state index contributed by atoms with van der Waals surface area (Å²) in [5, 5.41) is 5.50. The van der Waals surface area contributed by atoms with E-state index in [2.05, 4.69) is 10.6 Å². The Kier molecular flexibility index (Phi) is 7.93. The van der Waals surface area contributed by atoms with Gasteiger partial charge in [0.1, 0.15) is 6.04 Å². The molecule has 1 heterocycles. The molecule has 130 valence electrons. The number of alkyl halides is 3. The molecule has 22 heavy (non-hydrogen) atoms. The molecule has 4 nitrogen and oxygen atoms in total. The Morgan fingerprint density at radius 1 is 1.27 bits per heavy atom. The van der Waals surface area contributed by atoms with Crippen LogP contribution < -0.4 is 10.6 Å². The van der Waals surface area contributed by atoms with Crippen LogP contribution in [0.5, 0.6) is 0 Å². The van der Waals surface area contributed by atoms with Gasteiger partial charge < -0.3 is 10.6 Å². The highest BCUT2D eigenvalue weighted by Crippen LogP contribution is 2.30. The number of piperazine rings is 1. The van der Waals surface area contributed by atoms with Crippen molar-refractivity contribution >= 4 is 18.3 Å². The molecule has 2 aliphatic rings. The first-order valence-corrected chi connectivity index (χ1v) is 7.75. The maximum absolute atomic E-state index is 13.1. The van der Waals surface area contributed by atoms with Crippen LogP contribution >= 0.6 is 12.4 Å². The van der Waals surface area contributed by atoms with Crippen LogP contribution in [-0.4, -0.2) is 55.7 Å². The van der Waals surface area contributed by atoms with Crippen molar-refractivity contribution in [2.24, 2.45) is 5.92 Å². The summed E-state index contributed by atoms with van der Waals surface area (Å²) < 4.78 is 39.4. The number of nitrogens with one attached hydrogen (secondary N) is 2. The molecule has 1 aliphatic carbocycles. The minimum absolute atomic E-state index is 0. The van der Waals surface area contributed by atoms with E-state index >= 15 is 0 Å². The summed E-state index contributed by atoms with van der Waals surface area (Å²) in [5.74, 6) is 0.341. The maximum atomic E-state index is 13.1. The normalized spacial score (nSPS) is 21.6. The van der Waals surface area contributed by atoms with Gasteiger partial charge in [-0.25, -0.2) is 0 Å². The van der Waals surface area contributed by atoms with Crippen LogP contribution in [0.3, 0.4) is 0 Å². The summed E-state index contributed by atoms with van der Waals surface area (Å²) >= 11 is 0. The number of carbonyl (C=O) groups excluding carboxylic acids is 1. The van der Waals surface area contributed by atoms with Gasteiger partial charge in [-0.05, 0) is 12.3 Å². The van der Waals surface area contributed by atoms with Crippen LogP contribution in [-0.2, 0) is 4.79 Å². The highest BCUT2D eigenvalue weighted by atomic mass is 35.5. The van der Waals surface area contributed by atoms with E-state index < -0.39 is 12.2 Å². The summed E-state index contributed by atoms with van der Waals surface area (Å²) in [5.41, 5.74) is 0. The quantitative estimate of drug-likeness (QED) is 0.774. The van der Waals surface area contributed by atoms with E-state index in [-0.39, 0.29) is 24.9 Å². The second-order valence-corrected chi connectivity index (χ2v) is 5.98. The minimum Gasteiger partial charge on any atom is -0.354 e. The highest BCUT2D eigenvalue weighted by Gasteiger charge is 2.43. The molecule has 1 saturated heterocycles. The third-order valence-corrected chi connectivity index (χ3v) is 4.47. The molecule has 0 radical (unpaired) electrons. The van der Waals surface area contributed by atoms with Gasteiger partial charge >= 0.3 is 6.18 Å². The second kappa shape index (κ2) is 8.93. The SMILES string of the molecule is Cl.O=C(CCC1CCC1)NCC(N1CCNCC1)C(F)(F)F. The summed E-state index contributed by atoms with van der Waals surface area (Å²) in [6, 6.07) is -1.58. The van der Waals surface area contributed by atoms with Crippen molar-refractivity contribution in [2.75, 3.05) is 32.7 Å². The van der Waals surface area contributed by atoms with E-state index in [1.807, 2.05) is 0 Å². The lowest BCUT2D eigenvalue weighted by molar-refractivity contribution is -0.184. The van der Waals surface area contributed by atoms with Crippen molar-refractivity contribution in [2.45, 2.75) is 44.3 Å². The van der Waals surface area contributed by atoms with Gasteiger partial charge in [-0.1, -0.05) is 19.3 Å². The number of rotatable bonds is 6. The molecule has 0 aromatic heterocycles. The number of halogens is 4. The van der Waals surface area contributed by atoms with Crippen LogP contribution in [0.4, 0.5) is 13.2 Å². The molecule has 1 atom stereocenters. The third-order valence-electron chi connectivity index (χ3n) is 4.47. The van der Waals surface area contributed by atoms with Gasteiger partial charge in [0.2, 0.25) is 5.91 Å². The zero-order chi connectivity index (χ0) is 15.3. The Hall–Kier alpha value is -0.530. The molecule has 1 saturated carbocycles. The number of nitrogens with zero attached hydrogens (tertiary/aromatic N) is 1. The number of amides is 1. The minimum atomic E-state index is -4.31. The molecule has 1 unspecified atom stereocenters. The standard InChI is InChI=1S/C14H24F3N3O.ClH/c15-14(16,17)12(20-8-6-18-7-9-20)10-19-13(21)5-4-11-2-1-3-11;/h11-12,18H,1-10H2,(H,19,21);1H. The Bertz CT molecular complexity index is 345. The zero-order valence-electron chi connectivity index (χ0n) is 12.6. The zero-order valence-corrected chi connectivity index (χ0v) is 13.4. The molecule has 0 bridgehead atoms. The summed E-state index contributed by atoms with van der Waals surface area (Å²) in [6.45, 7) is 1.50. The topological polar surface area (TPSA) is 44.4 Å². The smallest absolute Gasteiger partial charge is 0.354 e. The Balaban J connectivity index is 0.00000242. The predicted octanol–water partition coefficient (Wildman–Crippen LogP) is 1.94. The van der Waals surface area contributed by atoms with Gasteiger partial charge in [0.05, 0.1) is 0 Å². The first-order chi connectivity index (χ1) is 9.97. The molecule has 0 spiro atoms. The Morgan fingerprint density at radius 2 is 1.91 bits per heavy atom. The molecule has 1 aliphatic heterocycles. The largest absolute Gasteiger partial charge is 0.405 e. The van der Waals surface area contributed by atoms with Gasteiger partial charge in [0, 0.05) is 39.1 Å².